The number of hydrogen-bond donors (Lipinski definition) is 5. The van der Waals surface area contributed by atoms with E-state index in [4.69, 9.17) is 9.84 Å². The number of H-pyrrole nitrogens is 1. The molecule has 3 aromatic rings. The Labute approximate surface area is 245 Å². The van der Waals surface area contributed by atoms with Crippen LogP contribution in [0.15, 0.2) is 60.8 Å². The van der Waals surface area contributed by atoms with Gasteiger partial charge in [-0.05, 0) is 49.3 Å². The number of para-hydroxylation sites is 1. The zero-order valence-corrected chi connectivity index (χ0v) is 24.2. The fraction of sp³-hybridized carbons (Fsp3) is 0.438. The highest BCUT2D eigenvalue weighted by atomic mass is 16.6. The van der Waals surface area contributed by atoms with Gasteiger partial charge in [0.2, 0.25) is 11.8 Å². The van der Waals surface area contributed by atoms with Crippen LogP contribution in [0.5, 0.6) is 0 Å². The fourth-order valence-corrected chi connectivity index (χ4v) is 5.50. The largest absolute Gasteiger partial charge is 0.481 e. The maximum absolute atomic E-state index is 13.9. The van der Waals surface area contributed by atoms with Crippen LogP contribution in [-0.2, 0) is 25.5 Å². The third-order valence-corrected chi connectivity index (χ3v) is 7.96. The summed E-state index contributed by atoms with van der Waals surface area (Å²) in [6.45, 7) is 3.77. The minimum atomic E-state index is -1.38. The summed E-state index contributed by atoms with van der Waals surface area (Å²) in [7, 11) is 0. The molecule has 5 N–H and O–H groups in total. The molecule has 224 valence electrons. The lowest BCUT2D eigenvalue weighted by Crippen LogP contribution is -2.59. The van der Waals surface area contributed by atoms with Gasteiger partial charge >= 0.3 is 12.1 Å². The van der Waals surface area contributed by atoms with E-state index in [2.05, 4.69) is 27.9 Å². The lowest BCUT2D eigenvalue weighted by atomic mass is 9.88. The van der Waals surface area contributed by atoms with Crippen molar-refractivity contribution in [3.8, 4) is 0 Å². The van der Waals surface area contributed by atoms with Gasteiger partial charge in [0.15, 0.2) is 0 Å². The molecule has 0 bridgehead atoms. The third-order valence-electron chi connectivity index (χ3n) is 7.96. The summed E-state index contributed by atoms with van der Waals surface area (Å²) < 4.78 is 5.81. The number of hydrogen-bond acceptors (Lipinski definition) is 5. The zero-order chi connectivity index (χ0) is 30.1. The van der Waals surface area contributed by atoms with E-state index in [1.165, 1.54) is 0 Å². The number of carboxylic acids is 1. The maximum atomic E-state index is 13.9. The van der Waals surface area contributed by atoms with Crippen LogP contribution in [0.3, 0.4) is 0 Å². The van der Waals surface area contributed by atoms with Crippen molar-refractivity contribution in [3.63, 3.8) is 0 Å². The molecular weight excluding hydrogens is 536 g/mol. The number of ether oxygens (including phenoxy) is 1. The van der Waals surface area contributed by atoms with Crippen molar-refractivity contribution < 1.29 is 29.0 Å². The van der Waals surface area contributed by atoms with Crippen molar-refractivity contribution in [1.82, 2.24) is 20.9 Å². The quantitative estimate of drug-likeness (QED) is 0.213. The molecule has 4 atom stereocenters. The molecule has 42 heavy (non-hydrogen) atoms. The topological polar surface area (TPSA) is 150 Å². The molecule has 4 rings (SSSR count). The monoisotopic (exact) mass is 576 g/mol. The molecule has 10 heteroatoms. The molecule has 0 radical (unpaired) electrons. The van der Waals surface area contributed by atoms with E-state index in [0.29, 0.717) is 0 Å². The van der Waals surface area contributed by atoms with E-state index in [1.54, 1.807) is 6.92 Å². The van der Waals surface area contributed by atoms with Gasteiger partial charge in [-0.2, -0.15) is 0 Å². The Bertz CT molecular complexity index is 1390. The molecule has 1 unspecified atom stereocenters. The van der Waals surface area contributed by atoms with Gasteiger partial charge in [0.05, 0.1) is 12.5 Å². The Balaban J connectivity index is 1.52. The van der Waals surface area contributed by atoms with Crippen molar-refractivity contribution in [1.29, 1.82) is 0 Å². The molecular formula is C32H40N4O6. The second kappa shape index (κ2) is 14.0. The average Bonchev–Trinajstić information content (AvgIpc) is 3.37. The van der Waals surface area contributed by atoms with Crippen molar-refractivity contribution >= 4 is 34.8 Å². The first-order valence-electron chi connectivity index (χ1n) is 14.5. The first-order valence-corrected chi connectivity index (χ1v) is 14.5. The second-order valence-corrected chi connectivity index (χ2v) is 11.3. The van der Waals surface area contributed by atoms with Gasteiger partial charge in [-0.25, -0.2) is 4.79 Å². The lowest BCUT2D eigenvalue weighted by molar-refractivity contribution is -0.138. The number of aromatic amines is 1. The average molecular weight is 577 g/mol. The number of amides is 3. The molecule has 3 amide bonds. The minimum absolute atomic E-state index is 0.0293. The number of alkyl carbamates (subject to hydrolysis) is 1. The number of carboxylic acid groups (broad SMARTS) is 1. The first-order chi connectivity index (χ1) is 20.1. The van der Waals surface area contributed by atoms with Gasteiger partial charge < -0.3 is 30.8 Å². The molecule has 1 fully saturated rings. The predicted octanol–water partition coefficient (Wildman–Crippen LogP) is 4.61. The summed E-state index contributed by atoms with van der Waals surface area (Å²) in [6, 6.07) is 16.2. The predicted molar refractivity (Wildman–Crippen MR) is 159 cm³/mol. The molecule has 1 aliphatic rings. The van der Waals surface area contributed by atoms with Crippen molar-refractivity contribution in [3.05, 3.63) is 71.9 Å². The molecule has 0 saturated heterocycles. The van der Waals surface area contributed by atoms with Crippen molar-refractivity contribution in [2.24, 2.45) is 5.92 Å². The lowest BCUT2D eigenvalue weighted by Gasteiger charge is -2.33. The highest BCUT2D eigenvalue weighted by Crippen LogP contribution is 2.27. The van der Waals surface area contributed by atoms with E-state index in [0.717, 1.165) is 47.7 Å². The van der Waals surface area contributed by atoms with Gasteiger partial charge in [0.1, 0.15) is 11.6 Å². The molecule has 1 aromatic heterocycles. The smallest absolute Gasteiger partial charge is 0.408 e. The van der Waals surface area contributed by atoms with Crippen LogP contribution < -0.4 is 16.0 Å². The number of rotatable bonds is 12. The summed E-state index contributed by atoms with van der Waals surface area (Å²) in [5, 5.41) is 18.5. The summed E-state index contributed by atoms with van der Waals surface area (Å²) >= 11 is 0. The van der Waals surface area contributed by atoms with Crippen LogP contribution in [-0.4, -0.2) is 52.2 Å². The van der Waals surface area contributed by atoms with E-state index in [1.807, 2.05) is 60.8 Å². The Morgan fingerprint density at radius 1 is 1.02 bits per heavy atom. The first kappa shape index (κ1) is 30.6. The Morgan fingerprint density at radius 2 is 1.74 bits per heavy atom. The van der Waals surface area contributed by atoms with Crippen molar-refractivity contribution in [2.75, 3.05) is 6.54 Å². The molecule has 10 nitrogen and oxygen atoms in total. The maximum Gasteiger partial charge on any atom is 0.408 e. The summed E-state index contributed by atoms with van der Waals surface area (Å²) in [5.41, 5.74) is 1.14. The molecule has 1 saturated carbocycles. The van der Waals surface area contributed by atoms with Crippen LogP contribution in [0, 0.1) is 5.92 Å². The number of aliphatic carboxylic acids is 1. The second-order valence-electron chi connectivity index (χ2n) is 11.3. The molecule has 0 aliphatic heterocycles. The van der Waals surface area contributed by atoms with Gasteiger partial charge in [0, 0.05) is 36.5 Å². The fourth-order valence-electron chi connectivity index (χ4n) is 5.50. The Morgan fingerprint density at radius 3 is 2.48 bits per heavy atom. The standard InChI is InChI=1S/C32H40N4O6/c1-21-10-6-9-15-27(21)42-31(41)36-32(2,18-23-19-33-25-14-8-7-13-24(23)25)30(40)34-20-26(22-11-4-3-5-12-22)35-28(37)16-17-29(38)39/h3-5,7-8,11-14,19,21,26-27,33H,6,9-10,15-18,20H2,1-2H3,(H,34,40)(H,35,37)(H,36,41)(H,38,39)/t21-,26-,27?,32+/m0/s1. The van der Waals surface area contributed by atoms with Crippen LogP contribution >= 0.6 is 0 Å². The van der Waals surface area contributed by atoms with E-state index >= 15 is 0 Å². The van der Waals surface area contributed by atoms with E-state index in [9.17, 15) is 19.2 Å². The summed E-state index contributed by atoms with van der Waals surface area (Å²) in [4.78, 5) is 53.7. The Kier molecular flexibility index (Phi) is 10.2. The molecule has 0 spiro atoms. The van der Waals surface area contributed by atoms with Gasteiger partial charge in [0.25, 0.3) is 0 Å². The van der Waals surface area contributed by atoms with Gasteiger partial charge in [-0.15, -0.1) is 0 Å². The minimum Gasteiger partial charge on any atom is -0.481 e. The number of nitrogens with one attached hydrogen (secondary N) is 4. The summed E-state index contributed by atoms with van der Waals surface area (Å²) in [6.07, 6.45) is 4.58. The zero-order valence-electron chi connectivity index (χ0n) is 24.2. The third kappa shape index (κ3) is 8.11. The molecule has 1 heterocycles. The number of benzene rings is 2. The molecule has 2 aromatic carbocycles. The number of carbonyl (C=O) groups is 4. The number of fused-ring (bicyclic) bond motifs is 1. The van der Waals surface area contributed by atoms with Crippen LogP contribution in [0.4, 0.5) is 4.79 Å². The molecule has 1 aliphatic carbocycles. The SMILES string of the molecule is C[C@H]1CCCCC1OC(=O)N[C@](C)(Cc1c[nH]c2ccccc12)C(=O)NC[C@H](NC(=O)CCC(=O)O)c1ccccc1. The van der Waals surface area contributed by atoms with Crippen LogP contribution in [0.1, 0.15) is 69.5 Å². The van der Waals surface area contributed by atoms with Gasteiger partial charge in [-0.3, -0.25) is 14.4 Å². The van der Waals surface area contributed by atoms with E-state index in [-0.39, 0.29) is 37.8 Å². The summed E-state index contributed by atoms with van der Waals surface area (Å²) in [5.74, 6) is -1.70. The van der Waals surface area contributed by atoms with Crippen molar-refractivity contribution in [2.45, 2.75) is 76.5 Å². The highest BCUT2D eigenvalue weighted by molar-refractivity contribution is 5.91. The van der Waals surface area contributed by atoms with Gasteiger partial charge in [-0.1, -0.05) is 61.9 Å². The van der Waals surface area contributed by atoms with Crippen LogP contribution in [0.25, 0.3) is 10.9 Å². The number of carbonyl (C=O) groups excluding carboxylic acids is 3. The Hall–Kier alpha value is -4.34. The number of aromatic nitrogens is 1. The highest BCUT2D eigenvalue weighted by Gasteiger charge is 2.38. The van der Waals surface area contributed by atoms with Crippen LogP contribution in [0.2, 0.25) is 0 Å². The van der Waals surface area contributed by atoms with E-state index < -0.39 is 35.5 Å². The normalized spacial score (nSPS) is 18.8.